The van der Waals surface area contributed by atoms with Crippen LogP contribution < -0.4 is 0 Å². The number of hydrogen-bond acceptors (Lipinski definition) is 4. The molecule has 6 aromatic heterocycles. The lowest BCUT2D eigenvalue weighted by Gasteiger charge is -2.12. The molecular weight excluding hydrogens is 1360 g/mol. The van der Waals surface area contributed by atoms with E-state index < -0.39 is 0 Å². The van der Waals surface area contributed by atoms with Crippen LogP contribution in [-0.4, -0.2) is 38.2 Å². The van der Waals surface area contributed by atoms with Crippen molar-refractivity contribution >= 4 is 87.2 Å². The zero-order valence-electron chi connectivity index (χ0n) is 60.8. The second-order valence-corrected chi connectivity index (χ2v) is 28.5. The van der Waals surface area contributed by atoms with Crippen LogP contribution in [0.1, 0.15) is 0 Å². The summed E-state index contributed by atoms with van der Waals surface area (Å²) in [5.74, 6) is 1.42. The molecule has 0 N–H and O–H groups in total. The van der Waals surface area contributed by atoms with Crippen LogP contribution in [0, 0.1) is 0 Å². The molecule has 8 heteroatoms. The molecule has 0 atom stereocenters. The molecule has 0 aliphatic rings. The highest BCUT2D eigenvalue weighted by molar-refractivity contribution is 6.15. The topological polar surface area (TPSA) is 71.3 Å². The Labute approximate surface area is 646 Å². The van der Waals surface area contributed by atoms with E-state index in [-0.39, 0.29) is 0 Å². The summed E-state index contributed by atoms with van der Waals surface area (Å²) < 4.78 is 9.49. The SMILES string of the molecule is c1ccc(-c2cc(-c3ccc(-n4c5ccccc5c5cc(-c6ccc7c(c6)c6ccccc6n7-c6ccccc6)ccc54)cc3)nc(-c3ccccc3)n2)cc1.c1ccc(-c2cc(-c3cccc(-n4c5ccccc5c5cc(-c6ccc7c(c6)c6ccccc6n7-c6ccccc6)ccc54)c3)nc(-c3ccccc3)n2)cc1. The van der Waals surface area contributed by atoms with E-state index in [2.05, 4.69) is 370 Å². The number of rotatable bonds is 12. The first-order chi connectivity index (χ1) is 55.5. The van der Waals surface area contributed by atoms with E-state index in [9.17, 15) is 0 Å². The number of fused-ring (bicyclic) bond motifs is 12. The zero-order chi connectivity index (χ0) is 74.0. The molecule has 0 amide bonds. The van der Waals surface area contributed by atoms with Gasteiger partial charge in [0.15, 0.2) is 11.6 Å². The van der Waals surface area contributed by atoms with Crippen molar-refractivity contribution in [2.24, 2.45) is 0 Å². The van der Waals surface area contributed by atoms with Crippen LogP contribution >= 0.6 is 0 Å². The van der Waals surface area contributed by atoms with E-state index >= 15 is 0 Å². The average molecular weight is 1430 g/mol. The molecule has 0 radical (unpaired) electrons. The highest BCUT2D eigenvalue weighted by Gasteiger charge is 2.21. The van der Waals surface area contributed by atoms with Gasteiger partial charge in [-0.1, -0.05) is 279 Å². The summed E-state index contributed by atoms with van der Waals surface area (Å²) in [5, 5.41) is 9.89. The number of hydrogen-bond donors (Lipinski definition) is 0. The van der Waals surface area contributed by atoms with Crippen LogP contribution in [0.4, 0.5) is 0 Å². The van der Waals surface area contributed by atoms with Crippen molar-refractivity contribution < 1.29 is 0 Å². The van der Waals surface area contributed by atoms with Crippen molar-refractivity contribution in [3.8, 4) is 113 Å². The fourth-order valence-electron chi connectivity index (χ4n) is 16.6. The van der Waals surface area contributed by atoms with Gasteiger partial charge < -0.3 is 18.3 Å². The van der Waals surface area contributed by atoms with Crippen molar-refractivity contribution in [3.05, 3.63) is 413 Å². The Morgan fingerprint density at radius 1 is 0.134 bits per heavy atom. The smallest absolute Gasteiger partial charge is 0.160 e. The fourth-order valence-corrected chi connectivity index (χ4v) is 16.6. The van der Waals surface area contributed by atoms with Crippen LogP contribution in [0.2, 0.25) is 0 Å². The van der Waals surface area contributed by atoms with Gasteiger partial charge in [0.1, 0.15) is 0 Å². The Morgan fingerprint density at radius 3 is 0.705 bits per heavy atom. The zero-order valence-corrected chi connectivity index (χ0v) is 60.8. The third-order valence-electron chi connectivity index (χ3n) is 21.9. The number of benzene rings is 16. The minimum Gasteiger partial charge on any atom is -0.309 e. The highest BCUT2D eigenvalue weighted by atomic mass is 15.0. The summed E-state index contributed by atoms with van der Waals surface area (Å²) in [7, 11) is 0. The maximum Gasteiger partial charge on any atom is 0.160 e. The predicted molar refractivity (Wildman–Crippen MR) is 465 cm³/mol. The van der Waals surface area contributed by atoms with Crippen molar-refractivity contribution in [1.82, 2.24) is 38.2 Å². The lowest BCUT2D eigenvalue weighted by molar-refractivity contribution is 1.16. The summed E-state index contributed by atoms with van der Waals surface area (Å²) in [6, 6.07) is 146. The molecular formula is C104H68N8. The van der Waals surface area contributed by atoms with Gasteiger partial charge in [0.2, 0.25) is 0 Å². The van der Waals surface area contributed by atoms with Crippen LogP contribution in [0.25, 0.3) is 200 Å². The summed E-state index contributed by atoms with van der Waals surface area (Å²) in [6.45, 7) is 0. The van der Waals surface area contributed by atoms with E-state index in [0.29, 0.717) is 11.6 Å². The predicted octanol–water partition coefficient (Wildman–Crippen LogP) is 26.7. The van der Waals surface area contributed by atoms with Crippen LogP contribution in [0.5, 0.6) is 0 Å². The number of aromatic nitrogens is 8. The minimum atomic E-state index is 0.708. The lowest BCUT2D eigenvalue weighted by atomic mass is 10.0. The highest BCUT2D eigenvalue weighted by Crippen LogP contribution is 2.43. The summed E-state index contributed by atoms with van der Waals surface area (Å²) >= 11 is 0. The Hall–Kier alpha value is -15.1. The van der Waals surface area contributed by atoms with Gasteiger partial charge in [-0.05, 0) is 156 Å². The quantitative estimate of drug-likeness (QED) is 0.122. The summed E-state index contributed by atoms with van der Waals surface area (Å²) in [6.07, 6.45) is 0. The van der Waals surface area contributed by atoms with Gasteiger partial charge in [-0.3, -0.25) is 0 Å². The van der Waals surface area contributed by atoms with Crippen LogP contribution in [0.3, 0.4) is 0 Å². The second kappa shape index (κ2) is 27.6. The van der Waals surface area contributed by atoms with Gasteiger partial charge in [0.25, 0.3) is 0 Å². The molecule has 0 aliphatic carbocycles. The maximum atomic E-state index is 5.13. The van der Waals surface area contributed by atoms with E-state index in [1.54, 1.807) is 0 Å². The summed E-state index contributed by atoms with van der Waals surface area (Å²) in [4.78, 5) is 20.2. The van der Waals surface area contributed by atoms with E-state index in [1.165, 1.54) is 104 Å². The molecule has 0 fully saturated rings. The van der Waals surface area contributed by atoms with Crippen molar-refractivity contribution in [2.75, 3.05) is 0 Å². The molecule has 0 aliphatic heterocycles. The van der Waals surface area contributed by atoms with Gasteiger partial charge in [-0.15, -0.1) is 0 Å². The standard InChI is InChI=1S/2C52H34N4/c1-4-15-35(16-5-1)46-34-47(54-52(53-46)36-17-6-2-7-18-36)39-19-14-22-41(31-39)56-49-26-13-11-24-43(49)45-33-38(28-30-51(45)56)37-27-29-50-44(32-37)42-23-10-12-25-48(42)55(50)40-20-8-3-9-21-40;1-4-14-35(15-5-1)46-34-47(54-52(53-46)37-16-6-2-7-17-37)36-24-28-41(29-25-36)56-49-23-13-11-21-43(49)45-33-39(27-31-51(45)56)38-26-30-50-44(32-38)42-20-10-12-22-48(42)55(50)40-18-8-3-9-19-40/h2*1-34H. The van der Waals surface area contributed by atoms with Crippen LogP contribution in [-0.2, 0) is 0 Å². The first-order valence-corrected chi connectivity index (χ1v) is 38.0. The number of para-hydroxylation sites is 6. The molecule has 6 heterocycles. The molecule has 0 spiro atoms. The first kappa shape index (κ1) is 65.2. The van der Waals surface area contributed by atoms with Gasteiger partial charge >= 0.3 is 0 Å². The number of nitrogens with zero attached hydrogens (tertiary/aromatic N) is 8. The molecule has 0 bridgehead atoms. The second-order valence-electron chi connectivity index (χ2n) is 28.5. The Balaban J connectivity index is 0.000000141. The third-order valence-corrected chi connectivity index (χ3v) is 21.9. The largest absolute Gasteiger partial charge is 0.309 e. The van der Waals surface area contributed by atoms with Gasteiger partial charge in [-0.25, -0.2) is 19.9 Å². The Bertz CT molecular complexity index is 7210. The molecule has 22 rings (SSSR count). The van der Waals surface area contributed by atoms with Crippen molar-refractivity contribution in [1.29, 1.82) is 0 Å². The molecule has 0 saturated heterocycles. The van der Waals surface area contributed by atoms with E-state index in [1.807, 2.05) is 60.7 Å². The molecule has 16 aromatic carbocycles. The van der Waals surface area contributed by atoms with Gasteiger partial charge in [-0.2, -0.15) is 0 Å². The summed E-state index contributed by atoms with van der Waals surface area (Å²) in [5.41, 5.74) is 28.5. The maximum absolute atomic E-state index is 5.13. The van der Waals surface area contributed by atoms with E-state index in [0.717, 1.165) is 84.3 Å². The molecule has 112 heavy (non-hydrogen) atoms. The monoisotopic (exact) mass is 1430 g/mol. The Morgan fingerprint density at radius 2 is 0.366 bits per heavy atom. The molecule has 22 aromatic rings. The average Bonchev–Trinajstić information content (AvgIpc) is 1.59. The first-order valence-electron chi connectivity index (χ1n) is 38.0. The van der Waals surface area contributed by atoms with Crippen molar-refractivity contribution in [2.45, 2.75) is 0 Å². The van der Waals surface area contributed by atoms with Crippen molar-refractivity contribution in [3.63, 3.8) is 0 Å². The molecule has 0 saturated carbocycles. The van der Waals surface area contributed by atoms with Gasteiger partial charge in [0.05, 0.1) is 66.9 Å². The Kier molecular flexibility index (Phi) is 16.1. The normalized spacial score (nSPS) is 11.6. The third kappa shape index (κ3) is 11.6. The lowest BCUT2D eigenvalue weighted by Crippen LogP contribution is -1.97. The fraction of sp³-hybridized carbons (Fsp3) is 0. The van der Waals surface area contributed by atoms with E-state index in [4.69, 9.17) is 19.9 Å². The van der Waals surface area contributed by atoms with Crippen LogP contribution in [0.15, 0.2) is 413 Å². The molecule has 8 nitrogen and oxygen atoms in total. The van der Waals surface area contributed by atoms with Gasteiger partial charge in [0, 0.05) is 99.2 Å². The molecule has 524 valence electrons. The molecule has 0 unspecified atom stereocenters. The minimum absolute atomic E-state index is 0.708.